The molecule has 4 nitrogen and oxygen atoms in total. The monoisotopic (exact) mass is 343 g/mol. The second kappa shape index (κ2) is 7.43. The average molecular weight is 343 g/mol. The topological polar surface area (TPSA) is 46.9 Å². The van der Waals surface area contributed by atoms with Gasteiger partial charge in [0.05, 0.1) is 10.9 Å². The molecule has 5 heteroatoms. The zero-order chi connectivity index (χ0) is 17.1. The van der Waals surface area contributed by atoms with Gasteiger partial charge in [-0.1, -0.05) is 36.7 Å². The Hall–Kier alpha value is -1.75. The lowest BCUT2D eigenvalue weighted by atomic mass is 10.1. The fraction of sp³-hybridized carbons (Fsp3) is 0.474. The molecule has 1 aliphatic carbocycles. The van der Waals surface area contributed by atoms with Crippen LogP contribution in [0.5, 0.6) is 0 Å². The number of nitrogens with one attached hydrogen (secondary N) is 1. The fourth-order valence-corrected chi connectivity index (χ4v) is 4.03. The van der Waals surface area contributed by atoms with Gasteiger partial charge < -0.3 is 5.32 Å². The van der Waals surface area contributed by atoms with Gasteiger partial charge in [-0.2, -0.15) is 0 Å². The van der Waals surface area contributed by atoms with E-state index in [4.69, 9.17) is 0 Å². The number of nitrogens with zero attached hydrogens (tertiary/aromatic N) is 2. The summed E-state index contributed by atoms with van der Waals surface area (Å²) in [5.74, 6) is 0.113. The van der Waals surface area contributed by atoms with E-state index in [1.807, 2.05) is 13.1 Å². The molecule has 0 aliphatic heterocycles. The molecule has 1 amide bonds. The third kappa shape index (κ3) is 3.83. The lowest BCUT2D eigenvalue weighted by Gasteiger charge is -2.17. The van der Waals surface area contributed by atoms with Crippen LogP contribution in [0, 0.1) is 13.8 Å². The van der Waals surface area contributed by atoms with Crippen molar-refractivity contribution in [2.45, 2.75) is 62.9 Å². The molecule has 1 fully saturated rings. The van der Waals surface area contributed by atoms with Crippen LogP contribution in [-0.4, -0.2) is 26.8 Å². The molecule has 0 spiro atoms. The minimum atomic E-state index is -0.156. The van der Waals surface area contributed by atoms with Gasteiger partial charge in [0.25, 0.3) is 0 Å². The number of aromatic nitrogens is 2. The van der Waals surface area contributed by atoms with Crippen molar-refractivity contribution < 1.29 is 4.79 Å². The predicted molar refractivity (Wildman–Crippen MR) is 98.8 cm³/mol. The lowest BCUT2D eigenvalue weighted by molar-refractivity contribution is -0.120. The Bertz CT molecular complexity index is 719. The van der Waals surface area contributed by atoms with Gasteiger partial charge in [-0.05, 0) is 50.8 Å². The Morgan fingerprint density at radius 3 is 2.83 bits per heavy atom. The first-order valence-electron chi connectivity index (χ1n) is 8.62. The van der Waals surface area contributed by atoms with Gasteiger partial charge >= 0.3 is 0 Å². The molecule has 1 aliphatic rings. The van der Waals surface area contributed by atoms with Crippen LogP contribution in [0.4, 0.5) is 0 Å². The highest BCUT2D eigenvalue weighted by Crippen LogP contribution is 2.27. The van der Waals surface area contributed by atoms with E-state index in [0.717, 1.165) is 23.7 Å². The second-order valence-corrected chi connectivity index (χ2v) is 7.93. The molecule has 1 unspecified atom stereocenters. The largest absolute Gasteiger partial charge is 0.352 e. The molecule has 1 heterocycles. The van der Waals surface area contributed by atoms with E-state index >= 15 is 0 Å². The molecule has 1 atom stereocenters. The molecule has 24 heavy (non-hydrogen) atoms. The van der Waals surface area contributed by atoms with E-state index in [-0.39, 0.29) is 11.2 Å². The summed E-state index contributed by atoms with van der Waals surface area (Å²) < 4.78 is 2.08. The van der Waals surface area contributed by atoms with E-state index < -0.39 is 0 Å². The molecule has 0 radical (unpaired) electrons. The maximum Gasteiger partial charge on any atom is 0.233 e. The first-order chi connectivity index (χ1) is 11.5. The van der Waals surface area contributed by atoms with Crippen LogP contribution in [0.2, 0.25) is 0 Å². The van der Waals surface area contributed by atoms with Crippen LogP contribution in [0.15, 0.2) is 35.7 Å². The first-order valence-corrected chi connectivity index (χ1v) is 9.50. The van der Waals surface area contributed by atoms with Crippen molar-refractivity contribution in [1.29, 1.82) is 0 Å². The Morgan fingerprint density at radius 2 is 2.08 bits per heavy atom. The summed E-state index contributed by atoms with van der Waals surface area (Å²) in [6, 6.07) is 6.75. The third-order valence-corrected chi connectivity index (χ3v) is 5.66. The SMILES string of the molecule is Cc1ccc(C)c(-n2ccnc2SC(C)C(=O)NC2CCCC2)c1. The minimum absolute atomic E-state index is 0.113. The first kappa shape index (κ1) is 17.1. The number of imidazole rings is 1. The summed E-state index contributed by atoms with van der Waals surface area (Å²) in [6.45, 7) is 6.14. The summed E-state index contributed by atoms with van der Waals surface area (Å²) in [7, 11) is 0. The van der Waals surface area contributed by atoms with E-state index in [0.29, 0.717) is 6.04 Å². The minimum Gasteiger partial charge on any atom is -0.352 e. The van der Waals surface area contributed by atoms with Crippen molar-refractivity contribution in [2.75, 3.05) is 0 Å². The molecule has 2 aromatic rings. The average Bonchev–Trinajstić information content (AvgIpc) is 3.21. The summed E-state index contributed by atoms with van der Waals surface area (Å²) >= 11 is 1.52. The van der Waals surface area contributed by atoms with Crippen LogP contribution >= 0.6 is 11.8 Å². The van der Waals surface area contributed by atoms with E-state index in [9.17, 15) is 4.79 Å². The number of benzene rings is 1. The van der Waals surface area contributed by atoms with Crippen molar-refractivity contribution in [1.82, 2.24) is 14.9 Å². The molecule has 3 rings (SSSR count). The summed E-state index contributed by atoms with van der Waals surface area (Å²) in [5.41, 5.74) is 3.54. The highest BCUT2D eigenvalue weighted by Gasteiger charge is 2.22. The molecule has 1 aromatic heterocycles. The number of aryl methyl sites for hydroxylation is 2. The Labute approximate surface area is 148 Å². The number of amides is 1. The van der Waals surface area contributed by atoms with E-state index in [1.165, 1.54) is 35.7 Å². The van der Waals surface area contributed by atoms with Gasteiger partial charge in [0, 0.05) is 18.4 Å². The highest BCUT2D eigenvalue weighted by molar-refractivity contribution is 8.00. The number of thioether (sulfide) groups is 1. The predicted octanol–water partition coefficient (Wildman–Crippen LogP) is 4.03. The van der Waals surface area contributed by atoms with Gasteiger partial charge in [-0.15, -0.1) is 0 Å². The van der Waals surface area contributed by atoms with Crippen LogP contribution in [0.1, 0.15) is 43.7 Å². The van der Waals surface area contributed by atoms with Gasteiger partial charge in [0.1, 0.15) is 0 Å². The smallest absolute Gasteiger partial charge is 0.233 e. The van der Waals surface area contributed by atoms with Gasteiger partial charge in [0.15, 0.2) is 5.16 Å². The third-order valence-electron chi connectivity index (χ3n) is 4.58. The number of carbonyl (C=O) groups excluding carboxylic acids is 1. The maximum atomic E-state index is 12.4. The molecule has 1 aromatic carbocycles. The fourth-order valence-electron chi connectivity index (χ4n) is 3.14. The quantitative estimate of drug-likeness (QED) is 0.834. The molecule has 128 valence electrons. The molecule has 0 saturated heterocycles. The molecular weight excluding hydrogens is 318 g/mol. The number of hydrogen-bond acceptors (Lipinski definition) is 3. The highest BCUT2D eigenvalue weighted by atomic mass is 32.2. The van der Waals surface area contributed by atoms with Crippen LogP contribution < -0.4 is 5.32 Å². The van der Waals surface area contributed by atoms with Crippen molar-refractivity contribution in [3.05, 3.63) is 41.7 Å². The molecule has 1 N–H and O–H groups in total. The second-order valence-electron chi connectivity index (χ2n) is 6.62. The summed E-state index contributed by atoms with van der Waals surface area (Å²) in [5, 5.41) is 3.88. The van der Waals surface area contributed by atoms with Crippen molar-refractivity contribution in [2.24, 2.45) is 0 Å². The Balaban J connectivity index is 1.73. The lowest BCUT2D eigenvalue weighted by Crippen LogP contribution is -2.37. The number of hydrogen-bond donors (Lipinski definition) is 1. The van der Waals surface area contributed by atoms with Gasteiger partial charge in [-0.3, -0.25) is 9.36 Å². The standard InChI is InChI=1S/C19H25N3OS/c1-13-8-9-14(2)17(12-13)22-11-10-20-19(22)24-15(3)18(23)21-16-6-4-5-7-16/h8-12,15-16H,4-7H2,1-3H3,(H,21,23). The summed E-state index contributed by atoms with van der Waals surface area (Å²) in [4.78, 5) is 16.9. The van der Waals surface area contributed by atoms with Crippen molar-refractivity contribution >= 4 is 17.7 Å². The van der Waals surface area contributed by atoms with Crippen LogP contribution in [0.25, 0.3) is 5.69 Å². The van der Waals surface area contributed by atoms with E-state index in [2.05, 4.69) is 46.9 Å². The van der Waals surface area contributed by atoms with Crippen LogP contribution in [0.3, 0.4) is 0 Å². The molecular formula is C19H25N3OS. The van der Waals surface area contributed by atoms with Crippen molar-refractivity contribution in [3.63, 3.8) is 0 Å². The van der Waals surface area contributed by atoms with Gasteiger partial charge in [0.2, 0.25) is 5.91 Å². The van der Waals surface area contributed by atoms with E-state index in [1.54, 1.807) is 6.20 Å². The molecule has 0 bridgehead atoms. The number of rotatable bonds is 5. The molecule has 1 saturated carbocycles. The maximum absolute atomic E-state index is 12.4. The van der Waals surface area contributed by atoms with Gasteiger partial charge in [-0.25, -0.2) is 4.98 Å². The zero-order valence-electron chi connectivity index (χ0n) is 14.6. The Morgan fingerprint density at radius 1 is 1.33 bits per heavy atom. The van der Waals surface area contributed by atoms with Crippen LogP contribution in [-0.2, 0) is 4.79 Å². The van der Waals surface area contributed by atoms with Crippen molar-refractivity contribution in [3.8, 4) is 5.69 Å². The number of carbonyl (C=O) groups is 1. The zero-order valence-corrected chi connectivity index (χ0v) is 15.4. The normalized spacial score (nSPS) is 16.3. The Kier molecular flexibility index (Phi) is 5.29. The summed E-state index contributed by atoms with van der Waals surface area (Å²) in [6.07, 6.45) is 8.44.